The molecule has 4 heteroatoms. The summed E-state index contributed by atoms with van der Waals surface area (Å²) in [7, 11) is 0. The average Bonchev–Trinajstić information content (AvgIpc) is 2.13. The van der Waals surface area contributed by atoms with E-state index in [1.54, 1.807) is 0 Å². The van der Waals surface area contributed by atoms with Crippen LogP contribution in [0.3, 0.4) is 0 Å². The molecule has 0 bridgehead atoms. The van der Waals surface area contributed by atoms with Crippen molar-refractivity contribution in [3.63, 3.8) is 0 Å². The van der Waals surface area contributed by atoms with Crippen LogP contribution in [-0.2, 0) is 9.53 Å². The molecule has 0 heterocycles. The Morgan fingerprint density at radius 1 is 1.43 bits per heavy atom. The Hall–Kier alpha value is -0.610. The van der Waals surface area contributed by atoms with Gasteiger partial charge < -0.3 is 15.2 Å². The first-order valence-corrected chi connectivity index (χ1v) is 5.12. The van der Waals surface area contributed by atoms with Crippen molar-refractivity contribution >= 4 is 5.91 Å². The second kappa shape index (κ2) is 8.97. The van der Waals surface area contributed by atoms with Gasteiger partial charge in [0.15, 0.2) is 0 Å². The number of aliphatic hydroxyl groups excluding tert-OH is 1. The van der Waals surface area contributed by atoms with Gasteiger partial charge >= 0.3 is 0 Å². The molecule has 0 aromatic carbocycles. The minimum atomic E-state index is -0.0661. The summed E-state index contributed by atoms with van der Waals surface area (Å²) in [4.78, 5) is 11.0. The molecule has 0 aromatic rings. The maximum Gasteiger partial charge on any atom is 0.222 e. The quantitative estimate of drug-likeness (QED) is 0.566. The van der Waals surface area contributed by atoms with Gasteiger partial charge in [-0.15, -0.1) is 0 Å². The third-order valence-corrected chi connectivity index (χ3v) is 1.75. The summed E-state index contributed by atoms with van der Waals surface area (Å²) in [6.07, 6.45) is 1.40. The van der Waals surface area contributed by atoms with Crippen molar-refractivity contribution in [2.75, 3.05) is 26.4 Å². The van der Waals surface area contributed by atoms with Crippen LogP contribution in [0.5, 0.6) is 0 Å². The molecule has 0 rings (SSSR count). The Labute approximate surface area is 85.6 Å². The first-order valence-electron chi connectivity index (χ1n) is 5.12. The first-order chi connectivity index (χ1) is 6.66. The molecular formula is C10H21NO3. The summed E-state index contributed by atoms with van der Waals surface area (Å²) in [5, 5.41) is 11.0. The van der Waals surface area contributed by atoms with E-state index in [1.807, 2.05) is 0 Å². The van der Waals surface area contributed by atoms with Crippen LogP contribution >= 0.6 is 0 Å². The van der Waals surface area contributed by atoms with Crippen LogP contribution in [-0.4, -0.2) is 37.4 Å². The van der Waals surface area contributed by atoms with Crippen molar-refractivity contribution in [1.82, 2.24) is 5.32 Å². The zero-order valence-corrected chi connectivity index (χ0v) is 9.08. The Morgan fingerprint density at radius 3 is 2.71 bits per heavy atom. The van der Waals surface area contributed by atoms with Gasteiger partial charge in [-0.3, -0.25) is 4.79 Å². The molecular weight excluding hydrogens is 182 g/mol. The van der Waals surface area contributed by atoms with Crippen molar-refractivity contribution in [1.29, 1.82) is 0 Å². The van der Waals surface area contributed by atoms with E-state index in [4.69, 9.17) is 9.84 Å². The third-order valence-electron chi connectivity index (χ3n) is 1.75. The standard InChI is InChI=1S/C10H21NO3/c1-9(2)3-7-14-8-4-10(13)11-5-6-12/h9,12H,3-8H2,1-2H3,(H,11,13). The molecule has 14 heavy (non-hydrogen) atoms. The van der Waals surface area contributed by atoms with Gasteiger partial charge in [0.05, 0.1) is 13.2 Å². The lowest BCUT2D eigenvalue weighted by molar-refractivity contribution is -0.122. The molecule has 84 valence electrons. The molecule has 0 aromatic heterocycles. The Kier molecular flexibility index (Phi) is 8.57. The topological polar surface area (TPSA) is 58.6 Å². The Balaban J connectivity index is 3.15. The number of aliphatic hydroxyl groups is 1. The number of ether oxygens (including phenoxy) is 1. The van der Waals surface area contributed by atoms with Gasteiger partial charge in [0.2, 0.25) is 5.91 Å². The summed E-state index contributed by atoms with van der Waals surface area (Å²) in [6.45, 7) is 5.76. The second-order valence-electron chi connectivity index (χ2n) is 3.62. The largest absolute Gasteiger partial charge is 0.395 e. The molecule has 0 unspecified atom stereocenters. The zero-order chi connectivity index (χ0) is 10.8. The van der Waals surface area contributed by atoms with Gasteiger partial charge in [-0.25, -0.2) is 0 Å². The van der Waals surface area contributed by atoms with Crippen LogP contribution in [0.4, 0.5) is 0 Å². The highest BCUT2D eigenvalue weighted by Gasteiger charge is 2.00. The van der Waals surface area contributed by atoms with E-state index >= 15 is 0 Å². The van der Waals surface area contributed by atoms with E-state index in [0.29, 0.717) is 32.1 Å². The number of hydrogen-bond donors (Lipinski definition) is 2. The van der Waals surface area contributed by atoms with Crippen LogP contribution in [0.2, 0.25) is 0 Å². The Morgan fingerprint density at radius 2 is 2.14 bits per heavy atom. The lowest BCUT2D eigenvalue weighted by Crippen LogP contribution is -2.27. The smallest absolute Gasteiger partial charge is 0.222 e. The van der Waals surface area contributed by atoms with Crippen LogP contribution in [0.25, 0.3) is 0 Å². The van der Waals surface area contributed by atoms with Crippen LogP contribution in [0.1, 0.15) is 26.7 Å². The van der Waals surface area contributed by atoms with Crippen molar-refractivity contribution in [3.05, 3.63) is 0 Å². The third kappa shape index (κ3) is 9.48. The molecule has 4 nitrogen and oxygen atoms in total. The van der Waals surface area contributed by atoms with Gasteiger partial charge in [-0.1, -0.05) is 13.8 Å². The van der Waals surface area contributed by atoms with Crippen molar-refractivity contribution in [2.45, 2.75) is 26.7 Å². The summed E-state index contributed by atoms with van der Waals surface area (Å²) in [5.74, 6) is 0.571. The maximum absolute atomic E-state index is 11.0. The fraction of sp³-hybridized carbons (Fsp3) is 0.900. The molecule has 2 N–H and O–H groups in total. The summed E-state index contributed by atoms with van der Waals surface area (Å²) < 4.78 is 5.27. The van der Waals surface area contributed by atoms with Crippen LogP contribution < -0.4 is 5.32 Å². The van der Waals surface area contributed by atoms with Crippen LogP contribution in [0, 0.1) is 5.92 Å². The fourth-order valence-corrected chi connectivity index (χ4v) is 0.870. The van der Waals surface area contributed by atoms with E-state index in [-0.39, 0.29) is 12.5 Å². The zero-order valence-electron chi connectivity index (χ0n) is 9.08. The van der Waals surface area contributed by atoms with Crippen molar-refractivity contribution in [3.8, 4) is 0 Å². The number of amides is 1. The minimum absolute atomic E-state index is 0.0139. The summed E-state index contributed by atoms with van der Waals surface area (Å²) in [6, 6.07) is 0. The number of nitrogens with one attached hydrogen (secondary N) is 1. The fourth-order valence-electron chi connectivity index (χ4n) is 0.870. The van der Waals surface area contributed by atoms with Crippen molar-refractivity contribution in [2.24, 2.45) is 5.92 Å². The summed E-state index contributed by atoms with van der Waals surface area (Å²) >= 11 is 0. The monoisotopic (exact) mass is 203 g/mol. The second-order valence-corrected chi connectivity index (χ2v) is 3.62. The lowest BCUT2D eigenvalue weighted by Gasteiger charge is -2.06. The molecule has 0 fully saturated rings. The number of carbonyl (C=O) groups excluding carboxylic acids is 1. The molecule has 0 radical (unpaired) electrons. The van der Waals surface area contributed by atoms with E-state index in [1.165, 1.54) is 0 Å². The highest BCUT2D eigenvalue weighted by Crippen LogP contribution is 1.98. The van der Waals surface area contributed by atoms with Gasteiger partial charge in [-0.05, 0) is 12.3 Å². The van der Waals surface area contributed by atoms with Crippen molar-refractivity contribution < 1.29 is 14.6 Å². The molecule has 0 saturated carbocycles. The van der Waals surface area contributed by atoms with E-state index < -0.39 is 0 Å². The molecule has 0 aliphatic carbocycles. The molecule has 1 amide bonds. The first kappa shape index (κ1) is 13.4. The molecule has 0 spiro atoms. The number of carbonyl (C=O) groups is 1. The SMILES string of the molecule is CC(C)CCOCCC(=O)NCCO. The predicted molar refractivity (Wildman–Crippen MR) is 55.0 cm³/mol. The summed E-state index contributed by atoms with van der Waals surface area (Å²) in [5.41, 5.74) is 0. The molecule has 0 aliphatic heterocycles. The van der Waals surface area contributed by atoms with Gasteiger partial charge in [-0.2, -0.15) is 0 Å². The van der Waals surface area contributed by atoms with Gasteiger partial charge in [0, 0.05) is 19.6 Å². The van der Waals surface area contributed by atoms with Crippen LogP contribution in [0.15, 0.2) is 0 Å². The van der Waals surface area contributed by atoms with Gasteiger partial charge in [0.1, 0.15) is 0 Å². The predicted octanol–water partition coefficient (Wildman–Crippen LogP) is 0.548. The average molecular weight is 203 g/mol. The highest BCUT2D eigenvalue weighted by atomic mass is 16.5. The maximum atomic E-state index is 11.0. The molecule has 0 aliphatic rings. The number of rotatable bonds is 8. The normalized spacial score (nSPS) is 10.6. The van der Waals surface area contributed by atoms with E-state index in [2.05, 4.69) is 19.2 Å². The number of hydrogen-bond acceptors (Lipinski definition) is 3. The molecule has 0 atom stereocenters. The highest BCUT2D eigenvalue weighted by molar-refractivity contribution is 5.75. The van der Waals surface area contributed by atoms with E-state index in [9.17, 15) is 4.79 Å². The van der Waals surface area contributed by atoms with E-state index in [0.717, 1.165) is 6.42 Å². The lowest BCUT2D eigenvalue weighted by atomic mass is 10.1. The molecule has 0 saturated heterocycles. The van der Waals surface area contributed by atoms with Gasteiger partial charge in [0.25, 0.3) is 0 Å². The Bertz CT molecular complexity index is 148. The minimum Gasteiger partial charge on any atom is -0.395 e.